The van der Waals surface area contributed by atoms with Gasteiger partial charge in [0.15, 0.2) is 0 Å². The molecule has 1 aromatic carbocycles. The molecule has 0 atom stereocenters. The first kappa shape index (κ1) is 21.5. The summed E-state index contributed by atoms with van der Waals surface area (Å²) in [7, 11) is 0. The third-order valence-electron chi connectivity index (χ3n) is 7.12. The Labute approximate surface area is 202 Å². The highest BCUT2D eigenvalue weighted by atomic mass is 35.5. The van der Waals surface area contributed by atoms with Crippen molar-refractivity contribution in [3.05, 3.63) is 59.6 Å². The second-order valence-electron chi connectivity index (χ2n) is 9.17. The van der Waals surface area contributed by atoms with Crippen LogP contribution >= 0.6 is 11.6 Å². The number of hydrogen-bond acceptors (Lipinski definition) is 5. The number of nitrogens with zero attached hydrogens (tertiary/aromatic N) is 5. The van der Waals surface area contributed by atoms with E-state index in [9.17, 15) is 4.39 Å². The van der Waals surface area contributed by atoms with Crippen molar-refractivity contribution in [3.8, 4) is 22.5 Å². The standard InChI is InChI=1S/C26H26ClFN6/c27-17-3-4-22(28)20(13-17)26-21(16-30-32-26)23-5-6-24-25(31-23)14-19(15-29-24)34-11-7-18(8-12-34)33-9-1-2-10-33/h3-6,13-16,18H,1-2,7-12H2,(H,30,32). The number of rotatable bonds is 4. The van der Waals surface area contributed by atoms with Crippen LogP contribution in [0.25, 0.3) is 33.5 Å². The second kappa shape index (κ2) is 8.96. The zero-order valence-corrected chi connectivity index (χ0v) is 19.6. The van der Waals surface area contributed by atoms with Crippen molar-refractivity contribution in [2.24, 2.45) is 0 Å². The fourth-order valence-electron chi connectivity index (χ4n) is 5.29. The van der Waals surface area contributed by atoms with Crippen LogP contribution in [0.1, 0.15) is 25.7 Å². The van der Waals surface area contributed by atoms with E-state index < -0.39 is 0 Å². The molecule has 0 bridgehead atoms. The van der Waals surface area contributed by atoms with Crippen LogP contribution < -0.4 is 4.90 Å². The second-order valence-corrected chi connectivity index (χ2v) is 9.61. The summed E-state index contributed by atoms with van der Waals surface area (Å²) in [4.78, 5) is 14.6. The number of likely N-dealkylation sites (tertiary alicyclic amines) is 1. The van der Waals surface area contributed by atoms with Crippen LogP contribution in [0.5, 0.6) is 0 Å². The third kappa shape index (κ3) is 4.03. The third-order valence-corrected chi connectivity index (χ3v) is 7.36. The summed E-state index contributed by atoms with van der Waals surface area (Å²) in [5, 5.41) is 7.53. The maximum atomic E-state index is 14.5. The van der Waals surface area contributed by atoms with Crippen LogP contribution in [0.2, 0.25) is 5.02 Å². The van der Waals surface area contributed by atoms with Crippen molar-refractivity contribution >= 4 is 28.3 Å². The molecule has 0 saturated carbocycles. The number of benzene rings is 1. The topological polar surface area (TPSA) is 60.9 Å². The molecule has 34 heavy (non-hydrogen) atoms. The van der Waals surface area contributed by atoms with Crippen LogP contribution in [0.4, 0.5) is 10.1 Å². The van der Waals surface area contributed by atoms with E-state index in [2.05, 4.69) is 31.0 Å². The molecule has 8 heteroatoms. The smallest absolute Gasteiger partial charge is 0.132 e. The maximum Gasteiger partial charge on any atom is 0.132 e. The van der Waals surface area contributed by atoms with Crippen LogP contribution in [-0.2, 0) is 0 Å². The highest BCUT2D eigenvalue weighted by Crippen LogP contribution is 2.33. The molecular formula is C26H26ClFN6. The number of halogens is 2. The van der Waals surface area contributed by atoms with Gasteiger partial charge in [0.25, 0.3) is 0 Å². The number of hydrogen-bond donors (Lipinski definition) is 1. The average Bonchev–Trinajstić information content (AvgIpc) is 3.58. The fourth-order valence-corrected chi connectivity index (χ4v) is 5.46. The number of aromatic nitrogens is 4. The summed E-state index contributed by atoms with van der Waals surface area (Å²) in [5.74, 6) is -0.364. The largest absolute Gasteiger partial charge is 0.370 e. The zero-order chi connectivity index (χ0) is 23.1. The van der Waals surface area contributed by atoms with E-state index in [0.29, 0.717) is 28.0 Å². The molecule has 6 rings (SSSR count). The van der Waals surface area contributed by atoms with E-state index in [1.54, 1.807) is 12.3 Å². The van der Waals surface area contributed by atoms with Gasteiger partial charge in [-0.15, -0.1) is 0 Å². The van der Waals surface area contributed by atoms with Gasteiger partial charge in [-0.25, -0.2) is 9.37 Å². The molecule has 2 aliphatic rings. The SMILES string of the molecule is Fc1ccc(Cl)cc1-c1[nH]ncc1-c1ccc2ncc(N3CCC(N4CCCC4)CC3)cc2n1. The molecule has 5 heterocycles. The van der Waals surface area contributed by atoms with Gasteiger partial charge in [0, 0.05) is 35.3 Å². The van der Waals surface area contributed by atoms with Crippen molar-refractivity contribution in [3.63, 3.8) is 0 Å². The quantitative estimate of drug-likeness (QED) is 0.419. The molecule has 0 unspecified atom stereocenters. The molecule has 0 amide bonds. The number of anilines is 1. The molecule has 0 spiro atoms. The molecule has 4 aromatic rings. The molecule has 0 aliphatic carbocycles. The van der Waals surface area contributed by atoms with E-state index in [-0.39, 0.29) is 5.82 Å². The number of piperidine rings is 1. The Balaban J connectivity index is 1.28. The van der Waals surface area contributed by atoms with Crippen molar-refractivity contribution in [1.29, 1.82) is 0 Å². The lowest BCUT2D eigenvalue weighted by Gasteiger charge is -2.37. The maximum absolute atomic E-state index is 14.5. The van der Waals surface area contributed by atoms with Gasteiger partial charge in [-0.1, -0.05) is 11.6 Å². The van der Waals surface area contributed by atoms with Gasteiger partial charge >= 0.3 is 0 Å². The Kier molecular flexibility index (Phi) is 5.67. The van der Waals surface area contributed by atoms with Crippen molar-refractivity contribution < 1.29 is 4.39 Å². The first-order valence-electron chi connectivity index (χ1n) is 11.9. The van der Waals surface area contributed by atoms with E-state index in [1.165, 1.54) is 50.9 Å². The minimum Gasteiger partial charge on any atom is -0.370 e. The minimum absolute atomic E-state index is 0.364. The van der Waals surface area contributed by atoms with Gasteiger partial charge in [0.1, 0.15) is 5.82 Å². The number of aromatic amines is 1. The summed E-state index contributed by atoms with van der Waals surface area (Å²) >= 11 is 6.12. The summed E-state index contributed by atoms with van der Waals surface area (Å²) in [5.41, 5.74) is 5.11. The molecule has 0 radical (unpaired) electrons. The Morgan fingerprint density at radius 2 is 1.74 bits per heavy atom. The predicted octanol–water partition coefficient (Wildman–Crippen LogP) is 5.54. The summed E-state index contributed by atoms with van der Waals surface area (Å²) in [6, 6.07) is 11.2. The number of fused-ring (bicyclic) bond motifs is 1. The van der Waals surface area contributed by atoms with Gasteiger partial charge < -0.3 is 9.80 Å². The molecule has 6 nitrogen and oxygen atoms in total. The average molecular weight is 477 g/mol. The normalized spacial score (nSPS) is 17.6. The van der Waals surface area contributed by atoms with E-state index in [1.807, 2.05) is 18.3 Å². The molecule has 2 saturated heterocycles. The monoisotopic (exact) mass is 476 g/mol. The molecule has 3 aromatic heterocycles. The van der Waals surface area contributed by atoms with Gasteiger partial charge in [-0.2, -0.15) is 5.10 Å². The van der Waals surface area contributed by atoms with Crippen LogP contribution in [-0.4, -0.2) is 57.3 Å². The van der Waals surface area contributed by atoms with Gasteiger partial charge in [-0.3, -0.25) is 10.1 Å². The van der Waals surface area contributed by atoms with Crippen LogP contribution in [0.15, 0.2) is 48.8 Å². The van der Waals surface area contributed by atoms with Gasteiger partial charge in [0.05, 0.1) is 40.5 Å². The van der Waals surface area contributed by atoms with Gasteiger partial charge in [-0.05, 0) is 75.2 Å². The Morgan fingerprint density at radius 3 is 2.56 bits per heavy atom. The van der Waals surface area contributed by atoms with E-state index in [4.69, 9.17) is 16.6 Å². The summed E-state index contributed by atoms with van der Waals surface area (Å²) in [6.07, 6.45) is 8.68. The predicted molar refractivity (Wildman–Crippen MR) is 134 cm³/mol. The molecule has 2 fully saturated rings. The lowest BCUT2D eigenvalue weighted by molar-refractivity contribution is 0.208. The summed E-state index contributed by atoms with van der Waals surface area (Å²) < 4.78 is 14.5. The highest BCUT2D eigenvalue weighted by Gasteiger charge is 2.26. The van der Waals surface area contributed by atoms with E-state index >= 15 is 0 Å². The minimum atomic E-state index is -0.364. The summed E-state index contributed by atoms with van der Waals surface area (Å²) in [6.45, 7) is 4.58. The molecular weight excluding hydrogens is 451 g/mol. The first-order valence-corrected chi connectivity index (χ1v) is 12.3. The lowest BCUT2D eigenvalue weighted by Crippen LogP contribution is -2.43. The molecule has 174 valence electrons. The Bertz CT molecular complexity index is 1320. The van der Waals surface area contributed by atoms with Crippen LogP contribution in [0.3, 0.4) is 0 Å². The van der Waals surface area contributed by atoms with Crippen molar-refractivity contribution in [1.82, 2.24) is 25.1 Å². The first-order chi connectivity index (χ1) is 16.7. The number of pyridine rings is 2. The Hall–Kier alpha value is -3.03. The Morgan fingerprint density at radius 1 is 0.912 bits per heavy atom. The number of nitrogens with one attached hydrogen (secondary N) is 1. The molecule has 2 aliphatic heterocycles. The zero-order valence-electron chi connectivity index (χ0n) is 18.8. The van der Waals surface area contributed by atoms with Crippen molar-refractivity contribution in [2.75, 3.05) is 31.1 Å². The highest BCUT2D eigenvalue weighted by molar-refractivity contribution is 6.30. The fraction of sp³-hybridized carbons (Fsp3) is 0.346. The van der Waals surface area contributed by atoms with Gasteiger partial charge in [0.2, 0.25) is 0 Å². The lowest BCUT2D eigenvalue weighted by atomic mass is 10.0. The van der Waals surface area contributed by atoms with E-state index in [0.717, 1.165) is 35.4 Å². The molecule has 1 N–H and O–H groups in total. The number of H-pyrrole nitrogens is 1. The van der Waals surface area contributed by atoms with Crippen LogP contribution in [0, 0.1) is 5.82 Å². The van der Waals surface area contributed by atoms with Crippen molar-refractivity contribution in [2.45, 2.75) is 31.7 Å².